The summed E-state index contributed by atoms with van der Waals surface area (Å²) in [4.78, 5) is 11.7. The van der Waals surface area contributed by atoms with Gasteiger partial charge in [-0.2, -0.15) is 0 Å². The van der Waals surface area contributed by atoms with Crippen LogP contribution in [0.4, 0.5) is 0 Å². The molecule has 3 saturated heterocycles. The third-order valence-electron chi connectivity index (χ3n) is 3.29. The molecule has 0 aromatic carbocycles. The molecule has 0 spiro atoms. The monoisotopic (exact) mass is 230 g/mol. The molecule has 0 aromatic heterocycles. The maximum absolute atomic E-state index is 11.7. The number of rotatable bonds is 2. The number of carbonyl (C=O) groups is 1. The number of ether oxygens (including phenoxy) is 4. The number of carbonyl (C=O) groups excluding carboxylic acids is 1. The molecule has 3 aliphatic rings. The fraction of sp³-hybridized carbons (Fsp3) is 0.909. The molecule has 16 heavy (non-hydrogen) atoms. The minimum Gasteiger partial charge on any atom is -0.468 e. The second-order valence-corrected chi connectivity index (χ2v) is 5.35. The summed E-state index contributed by atoms with van der Waals surface area (Å²) in [5.74, 6) is -1.70. The molecule has 0 amide bonds. The normalized spacial score (nSPS) is 38.5. The molecule has 0 aliphatic carbocycles. The number of esters is 1. The Bertz CT molecular complexity index is 285. The van der Waals surface area contributed by atoms with Crippen LogP contribution in [0.1, 0.15) is 20.8 Å². The standard InChI is InChI=1S/C11H18O5/c1-9(2,8(12)13-4)11-14-5-10(3,6-15-11)7-16-11/h5-7H2,1-4H3. The highest BCUT2D eigenvalue weighted by Gasteiger charge is 2.62. The summed E-state index contributed by atoms with van der Waals surface area (Å²) in [7, 11) is 1.34. The molecule has 3 heterocycles. The lowest BCUT2D eigenvalue weighted by Crippen LogP contribution is -2.66. The third-order valence-corrected chi connectivity index (χ3v) is 3.29. The average molecular weight is 230 g/mol. The van der Waals surface area contributed by atoms with Crippen molar-refractivity contribution in [3.8, 4) is 0 Å². The third kappa shape index (κ3) is 1.46. The number of hydrogen-bond donors (Lipinski definition) is 0. The molecule has 3 aliphatic heterocycles. The Morgan fingerprint density at radius 3 is 2.00 bits per heavy atom. The van der Waals surface area contributed by atoms with Gasteiger partial charge in [0.25, 0.3) is 5.97 Å². The molecule has 0 aromatic rings. The lowest BCUT2D eigenvalue weighted by Gasteiger charge is -2.54. The molecule has 0 radical (unpaired) electrons. The Hall–Kier alpha value is -0.650. The van der Waals surface area contributed by atoms with Crippen molar-refractivity contribution in [3.05, 3.63) is 0 Å². The average Bonchev–Trinajstić information content (AvgIpc) is 2.29. The van der Waals surface area contributed by atoms with Crippen LogP contribution in [0.15, 0.2) is 0 Å². The van der Waals surface area contributed by atoms with Gasteiger partial charge in [0.15, 0.2) is 0 Å². The maximum Gasteiger partial charge on any atom is 0.319 e. The zero-order valence-corrected chi connectivity index (χ0v) is 10.2. The van der Waals surface area contributed by atoms with Gasteiger partial charge in [0.05, 0.1) is 26.9 Å². The summed E-state index contributed by atoms with van der Waals surface area (Å²) in [6, 6.07) is 0. The smallest absolute Gasteiger partial charge is 0.319 e. The molecule has 92 valence electrons. The van der Waals surface area contributed by atoms with E-state index in [0.29, 0.717) is 19.8 Å². The minimum atomic E-state index is -1.29. The van der Waals surface area contributed by atoms with Gasteiger partial charge in [0, 0.05) is 5.41 Å². The van der Waals surface area contributed by atoms with Crippen molar-refractivity contribution in [1.82, 2.24) is 0 Å². The van der Waals surface area contributed by atoms with E-state index < -0.39 is 17.4 Å². The second kappa shape index (κ2) is 3.42. The van der Waals surface area contributed by atoms with Gasteiger partial charge >= 0.3 is 5.97 Å². The van der Waals surface area contributed by atoms with Crippen molar-refractivity contribution >= 4 is 5.97 Å². The van der Waals surface area contributed by atoms with Crippen LogP contribution in [-0.2, 0) is 23.7 Å². The van der Waals surface area contributed by atoms with Crippen LogP contribution >= 0.6 is 0 Å². The number of methoxy groups -OCH3 is 1. The van der Waals surface area contributed by atoms with Gasteiger partial charge < -0.3 is 18.9 Å². The molecular formula is C11H18O5. The summed E-state index contributed by atoms with van der Waals surface area (Å²) in [5.41, 5.74) is -1.09. The van der Waals surface area contributed by atoms with Gasteiger partial charge in [-0.15, -0.1) is 0 Å². The molecular weight excluding hydrogens is 212 g/mol. The van der Waals surface area contributed by atoms with Crippen LogP contribution < -0.4 is 0 Å². The van der Waals surface area contributed by atoms with Crippen LogP contribution in [-0.4, -0.2) is 38.9 Å². The van der Waals surface area contributed by atoms with Crippen LogP contribution in [0.5, 0.6) is 0 Å². The van der Waals surface area contributed by atoms with Crippen LogP contribution in [0, 0.1) is 10.8 Å². The molecule has 5 heteroatoms. The SMILES string of the molecule is COC(=O)C(C)(C)C12OCC(C)(CO1)CO2. The van der Waals surface area contributed by atoms with Gasteiger partial charge in [-0.05, 0) is 13.8 Å². The van der Waals surface area contributed by atoms with Crippen molar-refractivity contribution in [2.45, 2.75) is 26.7 Å². The van der Waals surface area contributed by atoms with Gasteiger partial charge in [-0.1, -0.05) is 6.92 Å². The zero-order chi connectivity index (χ0) is 12.0. The molecule has 3 rings (SSSR count). The topological polar surface area (TPSA) is 54.0 Å². The minimum absolute atomic E-state index is 0.103. The van der Waals surface area contributed by atoms with E-state index in [-0.39, 0.29) is 5.41 Å². The van der Waals surface area contributed by atoms with E-state index in [4.69, 9.17) is 18.9 Å². The maximum atomic E-state index is 11.7. The molecule has 3 fully saturated rings. The molecule has 0 saturated carbocycles. The predicted octanol–water partition coefficient (Wildman–Crippen LogP) is 0.923. The van der Waals surface area contributed by atoms with E-state index in [1.165, 1.54) is 7.11 Å². The van der Waals surface area contributed by atoms with E-state index in [1.54, 1.807) is 13.8 Å². The zero-order valence-electron chi connectivity index (χ0n) is 10.2. The Labute approximate surface area is 95.0 Å². The van der Waals surface area contributed by atoms with Crippen LogP contribution in [0.2, 0.25) is 0 Å². The largest absolute Gasteiger partial charge is 0.468 e. The van der Waals surface area contributed by atoms with Crippen molar-refractivity contribution in [1.29, 1.82) is 0 Å². The summed E-state index contributed by atoms with van der Waals surface area (Å²) in [5, 5.41) is 0. The molecule has 5 nitrogen and oxygen atoms in total. The lowest BCUT2D eigenvalue weighted by molar-refractivity contribution is -0.493. The van der Waals surface area contributed by atoms with Crippen molar-refractivity contribution in [2.75, 3.05) is 26.9 Å². The van der Waals surface area contributed by atoms with E-state index in [0.717, 1.165) is 0 Å². The van der Waals surface area contributed by atoms with Crippen molar-refractivity contribution in [2.24, 2.45) is 10.8 Å². The highest BCUT2D eigenvalue weighted by Crippen LogP contribution is 2.47. The fourth-order valence-electron chi connectivity index (χ4n) is 1.98. The molecule has 0 N–H and O–H groups in total. The summed E-state index contributed by atoms with van der Waals surface area (Å²) >= 11 is 0. The number of hydrogen-bond acceptors (Lipinski definition) is 5. The summed E-state index contributed by atoms with van der Waals surface area (Å²) in [6.07, 6.45) is 0. The van der Waals surface area contributed by atoms with E-state index in [1.807, 2.05) is 6.92 Å². The Balaban J connectivity index is 2.24. The molecule has 0 unspecified atom stereocenters. The van der Waals surface area contributed by atoms with Gasteiger partial charge in [-0.3, -0.25) is 4.79 Å². The first-order chi connectivity index (χ1) is 7.35. The van der Waals surface area contributed by atoms with Gasteiger partial charge in [-0.25, -0.2) is 0 Å². The van der Waals surface area contributed by atoms with Crippen LogP contribution in [0.3, 0.4) is 0 Å². The van der Waals surface area contributed by atoms with Gasteiger partial charge in [0.2, 0.25) is 0 Å². The second-order valence-electron chi connectivity index (χ2n) is 5.35. The predicted molar refractivity (Wildman–Crippen MR) is 54.5 cm³/mol. The van der Waals surface area contributed by atoms with E-state index in [9.17, 15) is 4.79 Å². The Kier molecular flexibility index (Phi) is 2.53. The quantitative estimate of drug-likeness (QED) is 0.660. The van der Waals surface area contributed by atoms with Crippen molar-refractivity contribution in [3.63, 3.8) is 0 Å². The highest BCUT2D eigenvalue weighted by atomic mass is 16.9. The Morgan fingerprint density at radius 1 is 1.19 bits per heavy atom. The number of fused-ring (bicyclic) bond motifs is 3. The summed E-state index contributed by atoms with van der Waals surface area (Å²) in [6.45, 7) is 7.04. The first kappa shape index (κ1) is 11.8. The van der Waals surface area contributed by atoms with E-state index >= 15 is 0 Å². The fourth-order valence-corrected chi connectivity index (χ4v) is 1.98. The van der Waals surface area contributed by atoms with Gasteiger partial charge in [0.1, 0.15) is 5.41 Å². The first-order valence-electron chi connectivity index (χ1n) is 5.36. The molecule has 2 bridgehead atoms. The first-order valence-corrected chi connectivity index (χ1v) is 5.36. The highest BCUT2D eigenvalue weighted by molar-refractivity contribution is 5.76. The van der Waals surface area contributed by atoms with Crippen molar-refractivity contribution < 1.29 is 23.7 Å². The van der Waals surface area contributed by atoms with Crippen LogP contribution in [0.25, 0.3) is 0 Å². The van der Waals surface area contributed by atoms with E-state index in [2.05, 4.69) is 0 Å². The molecule has 0 atom stereocenters. The Morgan fingerprint density at radius 2 is 1.62 bits per heavy atom. The lowest BCUT2D eigenvalue weighted by atomic mass is 9.84. The summed E-state index contributed by atoms with van der Waals surface area (Å²) < 4.78 is 21.6.